The minimum atomic E-state index is -3.28. The van der Waals surface area contributed by atoms with Gasteiger partial charge in [-0.3, -0.25) is 4.18 Å². The molecule has 0 bridgehead atoms. The Balaban J connectivity index is 2.19. The molecule has 0 aromatic heterocycles. The molecule has 90 valence electrons. The highest BCUT2D eigenvalue weighted by atomic mass is 79.9. The number of halogens is 1. The molecule has 1 aromatic rings. The molecule has 0 aliphatic carbocycles. The van der Waals surface area contributed by atoms with Gasteiger partial charge in [0, 0.05) is 4.47 Å². The molecule has 16 heavy (non-hydrogen) atoms. The lowest BCUT2D eigenvalue weighted by Crippen LogP contribution is -2.04. The average Bonchev–Trinajstić information content (AvgIpc) is 2.19. The number of rotatable bonds is 6. The summed E-state index contributed by atoms with van der Waals surface area (Å²) in [6, 6.07) is 8.12. The van der Waals surface area contributed by atoms with Gasteiger partial charge >= 0.3 is 0 Å². The molecular formula is C11H15BrO3S. The lowest BCUT2D eigenvalue weighted by molar-refractivity contribution is 0.312. The molecule has 0 atom stereocenters. The second kappa shape index (κ2) is 6.37. The Morgan fingerprint density at radius 2 is 1.81 bits per heavy atom. The van der Waals surface area contributed by atoms with Crippen LogP contribution >= 0.6 is 15.9 Å². The molecule has 5 heteroatoms. The molecule has 0 spiro atoms. The van der Waals surface area contributed by atoms with Crippen molar-refractivity contribution in [1.82, 2.24) is 0 Å². The van der Waals surface area contributed by atoms with Gasteiger partial charge in [0.05, 0.1) is 12.9 Å². The Labute approximate surface area is 105 Å². The zero-order valence-electron chi connectivity index (χ0n) is 9.15. The van der Waals surface area contributed by atoms with Crippen molar-refractivity contribution in [3.8, 4) is 0 Å². The van der Waals surface area contributed by atoms with Crippen LogP contribution in [0.15, 0.2) is 28.7 Å². The van der Waals surface area contributed by atoms with Gasteiger partial charge in [0.25, 0.3) is 10.1 Å². The predicted octanol–water partition coefficient (Wildman–Crippen LogP) is 2.75. The van der Waals surface area contributed by atoms with E-state index in [1.54, 1.807) is 0 Å². The first-order chi connectivity index (χ1) is 7.47. The molecule has 0 heterocycles. The Morgan fingerprint density at radius 1 is 1.19 bits per heavy atom. The maximum atomic E-state index is 10.7. The van der Waals surface area contributed by atoms with Crippen molar-refractivity contribution in [3.63, 3.8) is 0 Å². The van der Waals surface area contributed by atoms with Gasteiger partial charge in [-0.05, 0) is 37.0 Å². The maximum absolute atomic E-state index is 10.7. The average molecular weight is 307 g/mol. The summed E-state index contributed by atoms with van der Waals surface area (Å²) in [7, 11) is -3.28. The Bertz CT molecular complexity index is 411. The van der Waals surface area contributed by atoms with Crippen LogP contribution in [0.2, 0.25) is 0 Å². The molecule has 0 unspecified atom stereocenters. The van der Waals surface area contributed by atoms with Gasteiger partial charge in [0.2, 0.25) is 0 Å². The van der Waals surface area contributed by atoms with Crippen molar-refractivity contribution in [2.45, 2.75) is 19.3 Å². The van der Waals surface area contributed by atoms with Crippen LogP contribution in [0.25, 0.3) is 0 Å². The lowest BCUT2D eigenvalue weighted by Gasteiger charge is -2.02. The Hall–Kier alpha value is -0.390. The van der Waals surface area contributed by atoms with E-state index < -0.39 is 10.1 Å². The summed E-state index contributed by atoms with van der Waals surface area (Å²) in [5.41, 5.74) is 1.25. The van der Waals surface area contributed by atoms with E-state index >= 15 is 0 Å². The highest BCUT2D eigenvalue weighted by Crippen LogP contribution is 2.12. The minimum absolute atomic E-state index is 0.273. The predicted molar refractivity (Wildman–Crippen MR) is 67.9 cm³/mol. The third-order valence-corrected chi connectivity index (χ3v) is 3.19. The lowest BCUT2D eigenvalue weighted by atomic mass is 10.1. The van der Waals surface area contributed by atoms with E-state index in [9.17, 15) is 8.42 Å². The topological polar surface area (TPSA) is 43.4 Å². The molecule has 3 nitrogen and oxygen atoms in total. The Kier molecular flexibility index (Phi) is 5.44. The van der Waals surface area contributed by atoms with E-state index in [0.29, 0.717) is 0 Å². The van der Waals surface area contributed by atoms with Crippen LogP contribution in [-0.2, 0) is 20.7 Å². The Morgan fingerprint density at radius 3 is 2.38 bits per heavy atom. The van der Waals surface area contributed by atoms with E-state index in [4.69, 9.17) is 0 Å². The van der Waals surface area contributed by atoms with E-state index in [-0.39, 0.29) is 6.61 Å². The summed E-state index contributed by atoms with van der Waals surface area (Å²) >= 11 is 3.37. The second-order valence-electron chi connectivity index (χ2n) is 3.61. The maximum Gasteiger partial charge on any atom is 0.264 e. The van der Waals surface area contributed by atoms with Crippen molar-refractivity contribution in [2.24, 2.45) is 0 Å². The molecule has 1 aromatic carbocycles. The smallest absolute Gasteiger partial charge is 0.264 e. The van der Waals surface area contributed by atoms with Crippen molar-refractivity contribution in [3.05, 3.63) is 34.3 Å². The van der Waals surface area contributed by atoms with Gasteiger partial charge in [0.1, 0.15) is 0 Å². The molecule has 0 saturated carbocycles. The first-order valence-corrected chi connectivity index (χ1v) is 7.67. The number of aryl methyl sites for hydroxylation is 1. The van der Waals surface area contributed by atoms with E-state index in [1.165, 1.54) is 5.56 Å². The first kappa shape index (κ1) is 13.7. The van der Waals surface area contributed by atoms with Crippen molar-refractivity contribution in [2.75, 3.05) is 12.9 Å². The zero-order valence-corrected chi connectivity index (χ0v) is 11.6. The summed E-state index contributed by atoms with van der Waals surface area (Å²) < 4.78 is 27.1. The fourth-order valence-corrected chi connectivity index (χ4v) is 1.98. The van der Waals surface area contributed by atoms with Crippen LogP contribution in [0.4, 0.5) is 0 Å². The first-order valence-electron chi connectivity index (χ1n) is 5.06. The highest BCUT2D eigenvalue weighted by molar-refractivity contribution is 9.10. The monoisotopic (exact) mass is 306 g/mol. The van der Waals surface area contributed by atoms with Gasteiger partial charge < -0.3 is 0 Å². The van der Waals surface area contributed by atoms with Crippen molar-refractivity contribution < 1.29 is 12.6 Å². The van der Waals surface area contributed by atoms with Gasteiger partial charge in [-0.1, -0.05) is 28.1 Å². The summed E-state index contributed by atoms with van der Waals surface area (Å²) in [6.07, 6.45) is 3.70. The zero-order chi connectivity index (χ0) is 12.0. The van der Waals surface area contributed by atoms with Crippen LogP contribution < -0.4 is 0 Å². The van der Waals surface area contributed by atoms with Crippen LogP contribution in [0.3, 0.4) is 0 Å². The third kappa shape index (κ3) is 6.25. The van der Waals surface area contributed by atoms with Gasteiger partial charge in [-0.25, -0.2) is 0 Å². The minimum Gasteiger partial charge on any atom is -0.270 e. The van der Waals surface area contributed by atoms with E-state index in [0.717, 1.165) is 30.0 Å². The molecular weight excluding hydrogens is 292 g/mol. The molecule has 0 aliphatic rings. The van der Waals surface area contributed by atoms with E-state index in [1.807, 2.05) is 12.1 Å². The summed E-state index contributed by atoms with van der Waals surface area (Å²) in [4.78, 5) is 0. The van der Waals surface area contributed by atoms with Crippen LogP contribution in [0.5, 0.6) is 0 Å². The summed E-state index contributed by atoms with van der Waals surface area (Å²) in [6.45, 7) is 0.273. The number of benzene rings is 1. The highest BCUT2D eigenvalue weighted by Gasteiger charge is 2.00. The van der Waals surface area contributed by atoms with Crippen molar-refractivity contribution in [1.29, 1.82) is 0 Å². The molecule has 1 rings (SSSR count). The largest absolute Gasteiger partial charge is 0.270 e. The summed E-state index contributed by atoms with van der Waals surface area (Å²) in [5.74, 6) is 0. The standard InChI is InChI=1S/C11H15BrO3S/c1-16(13,14)15-9-3-2-4-10-5-7-11(12)8-6-10/h5-8H,2-4,9H2,1H3. The molecule has 0 radical (unpaired) electrons. The van der Waals surface area contributed by atoms with Crippen LogP contribution in [0, 0.1) is 0 Å². The molecule has 0 amide bonds. The van der Waals surface area contributed by atoms with Crippen molar-refractivity contribution >= 4 is 26.0 Å². The number of hydrogen-bond donors (Lipinski definition) is 0. The summed E-state index contributed by atoms with van der Waals surface area (Å²) in [5, 5.41) is 0. The number of hydrogen-bond acceptors (Lipinski definition) is 3. The van der Waals surface area contributed by atoms with Gasteiger partial charge in [-0.2, -0.15) is 8.42 Å². The fourth-order valence-electron chi connectivity index (χ4n) is 1.29. The third-order valence-electron chi connectivity index (χ3n) is 2.07. The SMILES string of the molecule is CS(=O)(=O)OCCCCc1ccc(Br)cc1. The molecule has 0 fully saturated rings. The number of unbranched alkanes of at least 4 members (excludes halogenated alkanes) is 1. The van der Waals surface area contributed by atoms with Crippen LogP contribution in [-0.4, -0.2) is 21.3 Å². The molecule has 0 N–H and O–H groups in total. The fraction of sp³-hybridized carbons (Fsp3) is 0.455. The van der Waals surface area contributed by atoms with Gasteiger partial charge in [-0.15, -0.1) is 0 Å². The molecule has 0 saturated heterocycles. The van der Waals surface area contributed by atoms with E-state index in [2.05, 4.69) is 32.2 Å². The molecule has 0 aliphatic heterocycles. The second-order valence-corrected chi connectivity index (χ2v) is 6.17. The normalized spacial score (nSPS) is 11.6. The van der Waals surface area contributed by atoms with Crippen LogP contribution in [0.1, 0.15) is 18.4 Å². The quantitative estimate of drug-likeness (QED) is 0.599. The van der Waals surface area contributed by atoms with Gasteiger partial charge in [0.15, 0.2) is 0 Å².